The molecule has 0 radical (unpaired) electrons. The van der Waals surface area contributed by atoms with Crippen LogP contribution in [0.15, 0.2) is 24.4 Å². The maximum absolute atomic E-state index is 5.53. The minimum absolute atomic E-state index is 0. The number of aryl methyl sites for hydroxylation is 1. The van der Waals surface area contributed by atoms with Gasteiger partial charge in [0.25, 0.3) is 0 Å². The Hall–Kier alpha value is -1.81. The van der Waals surface area contributed by atoms with Crippen LogP contribution >= 0.6 is 0 Å². The second-order valence-electron chi connectivity index (χ2n) is 6.77. The Morgan fingerprint density at radius 3 is 2.44 bits per heavy atom. The highest BCUT2D eigenvalue weighted by Gasteiger charge is 2.26. The van der Waals surface area contributed by atoms with Crippen molar-refractivity contribution in [2.24, 2.45) is 0 Å². The lowest BCUT2D eigenvalue weighted by atomic mass is 9.86. The summed E-state index contributed by atoms with van der Waals surface area (Å²) in [5, 5.41) is 5.01. The summed E-state index contributed by atoms with van der Waals surface area (Å²) in [7, 11) is 1.73. The van der Waals surface area contributed by atoms with E-state index < -0.39 is 0 Å². The molecule has 0 atom stereocenters. The number of aromatic nitrogens is 1. The summed E-state index contributed by atoms with van der Waals surface area (Å²) in [5.41, 5.74) is 3.48. The van der Waals surface area contributed by atoms with E-state index in [1.165, 1.54) is 31.2 Å². The lowest BCUT2D eigenvalue weighted by Crippen LogP contribution is -2.37. The summed E-state index contributed by atoms with van der Waals surface area (Å²) in [6.07, 6.45) is 9.12. The summed E-state index contributed by atoms with van der Waals surface area (Å²) in [4.78, 5) is 4.65. The molecule has 4 N–H and O–H groups in total. The molecule has 0 saturated heterocycles. The number of nitrogens with zero attached hydrogens (tertiary/aromatic N) is 1. The van der Waals surface area contributed by atoms with Crippen molar-refractivity contribution in [1.29, 1.82) is 0 Å². The van der Waals surface area contributed by atoms with E-state index in [0.29, 0.717) is 0 Å². The maximum atomic E-state index is 5.53. The molecule has 0 aliphatic carbocycles. The van der Waals surface area contributed by atoms with Crippen molar-refractivity contribution in [2.75, 3.05) is 12.4 Å². The van der Waals surface area contributed by atoms with Gasteiger partial charge in [0.05, 0.1) is 18.3 Å². The summed E-state index contributed by atoms with van der Waals surface area (Å²) < 4.78 is 5.53. The third-order valence-electron chi connectivity index (χ3n) is 5.28. The Bertz CT molecular complexity index is 665. The lowest BCUT2D eigenvalue weighted by Gasteiger charge is -2.35. The Morgan fingerprint density at radius 2 is 1.84 bits per heavy atom. The fourth-order valence-electron chi connectivity index (χ4n) is 3.42. The van der Waals surface area contributed by atoms with Gasteiger partial charge in [-0.05, 0) is 43.9 Å². The number of hydrogen-bond acceptors (Lipinski definition) is 4. The van der Waals surface area contributed by atoms with Gasteiger partial charge in [-0.15, -0.1) is 0 Å². The molecule has 0 fully saturated rings. The molecule has 25 heavy (non-hydrogen) atoms. The van der Waals surface area contributed by atoms with E-state index in [2.05, 4.69) is 56.2 Å². The summed E-state index contributed by atoms with van der Waals surface area (Å²) in [5.74, 6) is 0.885. The second-order valence-corrected chi connectivity index (χ2v) is 6.77. The Balaban J connectivity index is 0.00000312. The zero-order valence-electron chi connectivity index (χ0n) is 16.6. The molecular formula is C21H35N3O. The van der Waals surface area contributed by atoms with E-state index in [9.17, 15) is 0 Å². The SMILES string of the molecule is CCCCCC(CC)(CC)Nc1cc(OC)cc2c(C)ccnc12.N. The molecule has 4 nitrogen and oxygen atoms in total. The molecule has 1 heterocycles. The van der Waals surface area contributed by atoms with Crippen LogP contribution in [0.5, 0.6) is 5.75 Å². The minimum atomic E-state index is 0. The van der Waals surface area contributed by atoms with E-state index >= 15 is 0 Å². The maximum Gasteiger partial charge on any atom is 0.121 e. The third kappa shape index (κ3) is 4.85. The number of benzene rings is 1. The Kier molecular flexibility index (Phi) is 8.17. The molecule has 4 heteroatoms. The number of ether oxygens (including phenoxy) is 1. The highest BCUT2D eigenvalue weighted by Crippen LogP contribution is 2.35. The van der Waals surface area contributed by atoms with Crippen LogP contribution in [0.3, 0.4) is 0 Å². The van der Waals surface area contributed by atoms with E-state index in [1.807, 2.05) is 6.20 Å². The predicted octanol–water partition coefficient (Wildman–Crippen LogP) is 6.26. The van der Waals surface area contributed by atoms with Crippen molar-refractivity contribution in [3.8, 4) is 5.75 Å². The average molecular weight is 346 g/mol. The molecule has 2 aromatic rings. The van der Waals surface area contributed by atoms with E-state index in [0.717, 1.165) is 35.2 Å². The third-order valence-corrected chi connectivity index (χ3v) is 5.28. The molecule has 0 saturated carbocycles. The van der Waals surface area contributed by atoms with Crippen LogP contribution in [0.4, 0.5) is 5.69 Å². The van der Waals surface area contributed by atoms with Gasteiger partial charge in [-0.25, -0.2) is 0 Å². The number of anilines is 1. The molecule has 1 aromatic heterocycles. The molecule has 0 spiro atoms. The molecule has 1 aromatic carbocycles. The second kappa shape index (κ2) is 9.62. The normalized spacial score (nSPS) is 11.2. The van der Waals surface area contributed by atoms with Crippen LogP contribution in [-0.4, -0.2) is 17.6 Å². The van der Waals surface area contributed by atoms with Crippen molar-refractivity contribution in [3.05, 3.63) is 30.0 Å². The summed E-state index contributed by atoms with van der Waals surface area (Å²) in [6.45, 7) is 8.95. The van der Waals surface area contributed by atoms with E-state index in [-0.39, 0.29) is 11.7 Å². The standard InChI is InChI=1S/C21H32N2O.H3N/c1-6-9-10-12-21(7-2,8-3)23-19-15-17(24-5)14-18-16(4)11-13-22-20(18)19;/h11,13-15,23H,6-10,12H2,1-5H3;1H3. The monoisotopic (exact) mass is 345 g/mol. The molecule has 0 unspecified atom stereocenters. The first-order chi connectivity index (χ1) is 11.6. The minimum Gasteiger partial charge on any atom is -0.497 e. The van der Waals surface area contributed by atoms with Gasteiger partial charge in [-0.2, -0.15) is 0 Å². The van der Waals surface area contributed by atoms with Crippen LogP contribution in [0.1, 0.15) is 64.9 Å². The molecule has 2 rings (SSSR count). The predicted molar refractivity (Wildman–Crippen MR) is 109 cm³/mol. The highest BCUT2D eigenvalue weighted by atomic mass is 16.5. The van der Waals surface area contributed by atoms with Crippen molar-refractivity contribution in [3.63, 3.8) is 0 Å². The largest absolute Gasteiger partial charge is 0.497 e. The van der Waals surface area contributed by atoms with Crippen LogP contribution < -0.4 is 16.2 Å². The first-order valence-electron chi connectivity index (χ1n) is 9.30. The number of pyridine rings is 1. The van der Waals surface area contributed by atoms with Crippen LogP contribution in [0.25, 0.3) is 10.9 Å². The van der Waals surface area contributed by atoms with Gasteiger partial charge in [-0.3, -0.25) is 4.98 Å². The quantitative estimate of drug-likeness (QED) is 0.526. The van der Waals surface area contributed by atoms with Crippen molar-refractivity contribution >= 4 is 16.6 Å². The lowest BCUT2D eigenvalue weighted by molar-refractivity contribution is 0.385. The number of fused-ring (bicyclic) bond motifs is 1. The van der Waals surface area contributed by atoms with Crippen molar-refractivity contribution in [2.45, 2.75) is 71.8 Å². The molecule has 0 bridgehead atoms. The number of rotatable bonds is 9. The molecule has 140 valence electrons. The van der Waals surface area contributed by atoms with Crippen molar-refractivity contribution in [1.82, 2.24) is 11.1 Å². The van der Waals surface area contributed by atoms with Gasteiger partial charge in [0.2, 0.25) is 0 Å². The van der Waals surface area contributed by atoms with Gasteiger partial charge in [0, 0.05) is 23.2 Å². The number of hydrogen-bond donors (Lipinski definition) is 2. The van der Waals surface area contributed by atoms with Gasteiger partial charge < -0.3 is 16.2 Å². The average Bonchev–Trinajstić information content (AvgIpc) is 2.61. The van der Waals surface area contributed by atoms with E-state index in [1.54, 1.807) is 7.11 Å². The first kappa shape index (κ1) is 21.2. The molecule has 0 amide bonds. The van der Waals surface area contributed by atoms with E-state index in [4.69, 9.17) is 4.74 Å². The van der Waals surface area contributed by atoms with Gasteiger partial charge in [-0.1, -0.05) is 40.0 Å². The Morgan fingerprint density at radius 1 is 1.12 bits per heavy atom. The molecular weight excluding hydrogens is 310 g/mol. The van der Waals surface area contributed by atoms with Crippen molar-refractivity contribution < 1.29 is 4.74 Å². The Labute approximate surface area is 153 Å². The fraction of sp³-hybridized carbons (Fsp3) is 0.571. The van der Waals surface area contributed by atoms with Gasteiger partial charge in [0.15, 0.2) is 0 Å². The first-order valence-corrected chi connectivity index (χ1v) is 9.30. The summed E-state index contributed by atoms with van der Waals surface area (Å²) >= 11 is 0. The van der Waals surface area contributed by atoms with Crippen LogP contribution in [0, 0.1) is 6.92 Å². The highest BCUT2D eigenvalue weighted by molar-refractivity contribution is 5.94. The molecule has 0 aliphatic rings. The smallest absolute Gasteiger partial charge is 0.121 e. The zero-order chi connectivity index (χ0) is 17.6. The van der Waals surface area contributed by atoms with Crippen LogP contribution in [-0.2, 0) is 0 Å². The van der Waals surface area contributed by atoms with Gasteiger partial charge in [0.1, 0.15) is 5.75 Å². The fourth-order valence-corrected chi connectivity index (χ4v) is 3.42. The summed E-state index contributed by atoms with van der Waals surface area (Å²) in [6, 6.07) is 6.23. The zero-order valence-corrected chi connectivity index (χ0v) is 16.6. The number of nitrogens with one attached hydrogen (secondary N) is 1. The van der Waals surface area contributed by atoms with Crippen LogP contribution in [0.2, 0.25) is 0 Å². The number of methoxy groups -OCH3 is 1. The molecule has 0 aliphatic heterocycles. The number of unbranched alkanes of at least 4 members (excludes halogenated alkanes) is 2. The topological polar surface area (TPSA) is 69.2 Å². The van der Waals surface area contributed by atoms with Gasteiger partial charge >= 0.3 is 0 Å².